The Kier molecular flexibility index (Phi) is 5.98. The van der Waals surface area contributed by atoms with E-state index in [4.69, 9.17) is 14.2 Å². The zero-order chi connectivity index (χ0) is 24.5. The Hall–Kier alpha value is -4.15. The molecule has 1 aromatic carbocycles. The number of methoxy groups -OCH3 is 1. The van der Waals surface area contributed by atoms with E-state index in [-0.39, 0.29) is 23.1 Å². The van der Waals surface area contributed by atoms with E-state index < -0.39 is 12.5 Å². The van der Waals surface area contributed by atoms with Gasteiger partial charge in [-0.3, -0.25) is 9.20 Å². The van der Waals surface area contributed by atoms with Crippen LogP contribution in [0.5, 0.6) is 17.2 Å². The van der Waals surface area contributed by atoms with Gasteiger partial charge in [-0.05, 0) is 31.0 Å². The average molecular weight is 483 g/mol. The second kappa shape index (κ2) is 9.24. The molecule has 0 unspecified atom stereocenters. The van der Waals surface area contributed by atoms with Crippen LogP contribution in [-0.4, -0.2) is 44.6 Å². The Morgan fingerprint density at radius 1 is 1.23 bits per heavy atom. The number of hydrogen-bond donors (Lipinski definition) is 1. The van der Waals surface area contributed by atoms with Crippen molar-refractivity contribution in [3.63, 3.8) is 0 Å². The SMILES string of the molecule is COc1cc(-c2cnc3cc(OCc4cncn4C)ccn23)cc(OC(F)F)c1C(=O)NC1CC1. The van der Waals surface area contributed by atoms with E-state index in [9.17, 15) is 13.6 Å². The first-order valence-corrected chi connectivity index (χ1v) is 11.0. The standard InChI is InChI=1S/C24H23F2N5O4/c1-30-13-27-10-16(30)12-34-17-5-6-31-18(11-28-21(31)9-17)14-7-19(33-2)22(20(8-14)35-24(25)26)23(32)29-15-3-4-15/h5-11,13,15,24H,3-4,12H2,1-2H3,(H,29,32). The van der Waals surface area contributed by atoms with Crippen molar-refractivity contribution in [3.8, 4) is 28.5 Å². The monoisotopic (exact) mass is 483 g/mol. The normalized spacial score (nSPS) is 13.3. The molecule has 4 aromatic rings. The topological polar surface area (TPSA) is 91.9 Å². The molecule has 1 fully saturated rings. The number of carbonyl (C=O) groups excluding carboxylic acids is 1. The quantitative estimate of drug-likeness (QED) is 0.389. The molecule has 11 heteroatoms. The molecule has 0 atom stereocenters. The third kappa shape index (κ3) is 4.75. The summed E-state index contributed by atoms with van der Waals surface area (Å²) in [5.74, 6) is -0.0388. The van der Waals surface area contributed by atoms with E-state index in [0.29, 0.717) is 29.3 Å². The number of carbonyl (C=O) groups is 1. The van der Waals surface area contributed by atoms with Crippen LogP contribution in [-0.2, 0) is 13.7 Å². The number of hydrogen-bond acceptors (Lipinski definition) is 6. The van der Waals surface area contributed by atoms with Gasteiger partial charge in [0.05, 0.1) is 37.2 Å². The predicted molar refractivity (Wildman–Crippen MR) is 122 cm³/mol. The lowest BCUT2D eigenvalue weighted by molar-refractivity contribution is -0.0502. The molecular weight excluding hydrogens is 460 g/mol. The largest absolute Gasteiger partial charge is 0.496 e. The lowest BCUT2D eigenvalue weighted by Gasteiger charge is -2.16. The molecule has 9 nitrogen and oxygen atoms in total. The third-order valence-corrected chi connectivity index (χ3v) is 5.73. The minimum atomic E-state index is -3.11. The van der Waals surface area contributed by atoms with Gasteiger partial charge in [0.1, 0.15) is 35.1 Å². The van der Waals surface area contributed by atoms with Crippen LogP contribution in [0.1, 0.15) is 28.9 Å². The van der Waals surface area contributed by atoms with Crippen LogP contribution in [0.25, 0.3) is 16.9 Å². The van der Waals surface area contributed by atoms with Crippen molar-refractivity contribution in [2.75, 3.05) is 7.11 Å². The van der Waals surface area contributed by atoms with Crippen LogP contribution < -0.4 is 19.5 Å². The van der Waals surface area contributed by atoms with Gasteiger partial charge in [-0.2, -0.15) is 8.78 Å². The number of pyridine rings is 1. The third-order valence-electron chi connectivity index (χ3n) is 5.73. The van der Waals surface area contributed by atoms with Gasteiger partial charge in [-0.15, -0.1) is 0 Å². The van der Waals surface area contributed by atoms with Crippen molar-refractivity contribution in [1.29, 1.82) is 0 Å². The van der Waals surface area contributed by atoms with Crippen molar-refractivity contribution in [3.05, 3.63) is 60.4 Å². The highest BCUT2D eigenvalue weighted by Crippen LogP contribution is 2.37. The van der Waals surface area contributed by atoms with E-state index in [1.807, 2.05) is 11.6 Å². The molecule has 3 aromatic heterocycles. The van der Waals surface area contributed by atoms with Crippen molar-refractivity contribution in [2.45, 2.75) is 32.1 Å². The van der Waals surface area contributed by atoms with E-state index in [0.717, 1.165) is 18.5 Å². The van der Waals surface area contributed by atoms with E-state index in [1.54, 1.807) is 47.5 Å². The van der Waals surface area contributed by atoms with Gasteiger partial charge in [0, 0.05) is 30.9 Å². The van der Waals surface area contributed by atoms with Gasteiger partial charge >= 0.3 is 6.61 Å². The Morgan fingerprint density at radius 3 is 2.71 bits per heavy atom. The molecule has 0 saturated heterocycles. The number of aryl methyl sites for hydroxylation is 1. The van der Waals surface area contributed by atoms with Crippen LogP contribution in [0.15, 0.2) is 49.2 Å². The number of ether oxygens (including phenoxy) is 3. The van der Waals surface area contributed by atoms with Crippen molar-refractivity contribution >= 4 is 11.6 Å². The number of fused-ring (bicyclic) bond motifs is 1. The number of nitrogens with one attached hydrogen (secondary N) is 1. The van der Waals surface area contributed by atoms with Crippen molar-refractivity contribution in [1.82, 2.24) is 24.3 Å². The summed E-state index contributed by atoms with van der Waals surface area (Å²) >= 11 is 0. The van der Waals surface area contributed by atoms with Gasteiger partial charge in [0.15, 0.2) is 0 Å². The fraction of sp³-hybridized carbons (Fsp3) is 0.292. The summed E-state index contributed by atoms with van der Waals surface area (Å²) in [6, 6.07) is 6.59. The summed E-state index contributed by atoms with van der Waals surface area (Å²) in [5, 5.41) is 2.79. The lowest BCUT2D eigenvalue weighted by atomic mass is 10.1. The molecule has 0 aliphatic heterocycles. The molecule has 3 heterocycles. The fourth-order valence-electron chi connectivity index (χ4n) is 3.74. The first-order valence-electron chi connectivity index (χ1n) is 11.0. The van der Waals surface area contributed by atoms with Crippen molar-refractivity contribution in [2.24, 2.45) is 7.05 Å². The molecule has 182 valence electrons. The number of nitrogens with zero attached hydrogens (tertiary/aromatic N) is 4. The Balaban J connectivity index is 1.48. The van der Waals surface area contributed by atoms with Crippen LogP contribution in [0.3, 0.4) is 0 Å². The summed E-state index contributed by atoms with van der Waals surface area (Å²) in [4.78, 5) is 21.2. The number of aromatic nitrogens is 4. The van der Waals surface area contributed by atoms with Gasteiger partial charge in [-0.25, -0.2) is 9.97 Å². The minimum Gasteiger partial charge on any atom is -0.496 e. The van der Waals surface area contributed by atoms with Gasteiger partial charge in [-0.1, -0.05) is 0 Å². The molecule has 35 heavy (non-hydrogen) atoms. The first kappa shape index (κ1) is 22.6. The summed E-state index contributed by atoms with van der Waals surface area (Å²) in [6.07, 6.45) is 8.51. The zero-order valence-electron chi connectivity index (χ0n) is 19.1. The molecule has 1 amide bonds. The molecule has 1 N–H and O–H groups in total. The highest BCUT2D eigenvalue weighted by atomic mass is 19.3. The minimum absolute atomic E-state index is 0.0411. The first-order chi connectivity index (χ1) is 16.9. The highest BCUT2D eigenvalue weighted by Gasteiger charge is 2.29. The Morgan fingerprint density at radius 2 is 2.03 bits per heavy atom. The van der Waals surface area contributed by atoms with E-state index in [2.05, 4.69) is 15.3 Å². The van der Waals surface area contributed by atoms with E-state index >= 15 is 0 Å². The summed E-state index contributed by atoms with van der Waals surface area (Å²) in [6.45, 7) is -2.76. The fourth-order valence-corrected chi connectivity index (χ4v) is 3.74. The molecule has 0 radical (unpaired) electrons. The average Bonchev–Trinajstić information content (AvgIpc) is 3.39. The number of imidazole rings is 2. The second-order valence-corrected chi connectivity index (χ2v) is 8.20. The lowest BCUT2D eigenvalue weighted by Crippen LogP contribution is -2.26. The van der Waals surface area contributed by atoms with E-state index in [1.165, 1.54) is 13.2 Å². The number of halogens is 2. The van der Waals surface area contributed by atoms with Crippen LogP contribution in [0, 0.1) is 0 Å². The zero-order valence-corrected chi connectivity index (χ0v) is 19.1. The number of amides is 1. The number of rotatable bonds is 9. The number of benzene rings is 1. The molecular formula is C24H23F2N5O4. The maximum Gasteiger partial charge on any atom is 0.387 e. The molecule has 0 spiro atoms. The highest BCUT2D eigenvalue weighted by molar-refractivity contribution is 6.01. The molecule has 1 aliphatic carbocycles. The van der Waals surface area contributed by atoms with Crippen LogP contribution in [0.2, 0.25) is 0 Å². The van der Waals surface area contributed by atoms with Crippen LogP contribution in [0.4, 0.5) is 8.78 Å². The number of alkyl halides is 2. The Bertz CT molecular complexity index is 1380. The molecule has 1 saturated carbocycles. The summed E-state index contributed by atoms with van der Waals surface area (Å²) in [7, 11) is 3.26. The van der Waals surface area contributed by atoms with Crippen LogP contribution >= 0.6 is 0 Å². The van der Waals surface area contributed by atoms with Crippen molar-refractivity contribution < 1.29 is 27.8 Å². The maximum absolute atomic E-state index is 13.2. The Labute approximate surface area is 199 Å². The van der Waals surface area contributed by atoms with Gasteiger partial charge < -0.3 is 24.1 Å². The van der Waals surface area contributed by atoms with Gasteiger partial charge in [0.2, 0.25) is 0 Å². The molecule has 5 rings (SSSR count). The maximum atomic E-state index is 13.2. The second-order valence-electron chi connectivity index (χ2n) is 8.20. The summed E-state index contributed by atoms with van der Waals surface area (Å²) in [5.41, 5.74) is 2.54. The molecule has 0 bridgehead atoms. The smallest absolute Gasteiger partial charge is 0.387 e. The van der Waals surface area contributed by atoms with Gasteiger partial charge in [0.25, 0.3) is 5.91 Å². The predicted octanol–water partition coefficient (Wildman–Crippen LogP) is 3.82. The molecule has 1 aliphatic rings. The summed E-state index contributed by atoms with van der Waals surface area (Å²) < 4.78 is 46.0.